The molecule has 0 saturated carbocycles. The lowest BCUT2D eigenvalue weighted by atomic mass is 9.95. The molecule has 0 aliphatic rings. The van der Waals surface area contributed by atoms with Crippen LogP contribution in [0.15, 0.2) is 0 Å². The summed E-state index contributed by atoms with van der Waals surface area (Å²) >= 11 is 0. The molecule has 1 heteroatoms. The molecule has 0 spiro atoms. The predicted molar refractivity (Wildman–Crippen MR) is 50.4 cm³/mol. The molecule has 0 aliphatic carbocycles. The van der Waals surface area contributed by atoms with E-state index in [1.54, 1.807) is 0 Å². The largest absolute Gasteiger partial charge is 0.316 e. The van der Waals surface area contributed by atoms with Gasteiger partial charge in [0, 0.05) is 12.5 Å². The van der Waals surface area contributed by atoms with Crippen molar-refractivity contribution in [1.29, 1.82) is 0 Å². The molecule has 64 valence electrons. The fourth-order valence-electron chi connectivity index (χ4n) is 1.37. The topological polar surface area (TPSA) is 12.0 Å². The van der Waals surface area contributed by atoms with Gasteiger partial charge in [-0.15, -0.1) is 12.3 Å². The average molecular weight is 153 g/mol. The second-order valence-electron chi connectivity index (χ2n) is 3.07. The van der Waals surface area contributed by atoms with E-state index in [1.807, 2.05) is 7.05 Å². The highest BCUT2D eigenvalue weighted by molar-refractivity contribution is 4.90. The predicted octanol–water partition coefficient (Wildman–Crippen LogP) is 2.03. The zero-order valence-corrected chi connectivity index (χ0v) is 7.85. The van der Waals surface area contributed by atoms with Gasteiger partial charge in [0.1, 0.15) is 0 Å². The molecule has 0 aliphatic heterocycles. The van der Waals surface area contributed by atoms with Gasteiger partial charge in [0.05, 0.1) is 0 Å². The van der Waals surface area contributed by atoms with Crippen LogP contribution in [0.25, 0.3) is 0 Å². The van der Waals surface area contributed by atoms with Crippen LogP contribution in [0.2, 0.25) is 0 Å². The summed E-state index contributed by atoms with van der Waals surface area (Å²) in [5, 5.41) is 3.25. The van der Waals surface area contributed by atoms with Crippen molar-refractivity contribution >= 4 is 0 Å². The standard InChI is InChI=1S/C10H19N/c1-5-7-9(3)10(11-4)8-6-2/h2,9-11H,5,7-8H2,1,3-4H3. The third-order valence-electron chi connectivity index (χ3n) is 2.14. The van der Waals surface area contributed by atoms with Crippen LogP contribution >= 0.6 is 0 Å². The van der Waals surface area contributed by atoms with E-state index in [0.717, 1.165) is 6.42 Å². The summed E-state index contributed by atoms with van der Waals surface area (Å²) in [6.45, 7) is 4.46. The maximum absolute atomic E-state index is 5.25. The Kier molecular flexibility index (Phi) is 5.97. The summed E-state index contributed by atoms with van der Waals surface area (Å²) in [5.41, 5.74) is 0. The average Bonchev–Trinajstić information content (AvgIpc) is 2.00. The summed E-state index contributed by atoms with van der Waals surface area (Å²) in [6.07, 6.45) is 8.59. The van der Waals surface area contributed by atoms with Crippen molar-refractivity contribution < 1.29 is 0 Å². The Balaban J connectivity index is 3.73. The monoisotopic (exact) mass is 153 g/mol. The molecule has 0 aromatic rings. The Morgan fingerprint density at radius 3 is 2.55 bits per heavy atom. The molecule has 2 atom stereocenters. The molecule has 11 heavy (non-hydrogen) atoms. The van der Waals surface area contributed by atoms with Crippen LogP contribution in [-0.2, 0) is 0 Å². The number of terminal acetylenes is 1. The van der Waals surface area contributed by atoms with E-state index < -0.39 is 0 Å². The van der Waals surface area contributed by atoms with E-state index in [9.17, 15) is 0 Å². The summed E-state index contributed by atoms with van der Waals surface area (Å²) in [4.78, 5) is 0. The first kappa shape index (κ1) is 10.5. The van der Waals surface area contributed by atoms with Crippen LogP contribution in [0.5, 0.6) is 0 Å². The molecule has 0 bridgehead atoms. The molecule has 1 N–H and O–H groups in total. The second kappa shape index (κ2) is 6.24. The number of nitrogens with one attached hydrogen (secondary N) is 1. The summed E-state index contributed by atoms with van der Waals surface area (Å²) in [5.74, 6) is 3.39. The van der Waals surface area contributed by atoms with Crippen LogP contribution in [0.4, 0.5) is 0 Å². The Hall–Kier alpha value is -0.480. The Bertz CT molecular complexity index is 123. The minimum absolute atomic E-state index is 0.500. The smallest absolute Gasteiger partial charge is 0.0243 e. The molecule has 0 saturated heterocycles. The molecule has 1 nitrogen and oxygen atoms in total. The highest BCUT2D eigenvalue weighted by Gasteiger charge is 2.12. The summed E-state index contributed by atoms with van der Waals surface area (Å²) in [6, 6.07) is 0.500. The van der Waals surface area contributed by atoms with Gasteiger partial charge in [-0.3, -0.25) is 0 Å². The van der Waals surface area contributed by atoms with Crippen molar-refractivity contribution in [1.82, 2.24) is 5.32 Å². The van der Waals surface area contributed by atoms with Crippen molar-refractivity contribution in [2.24, 2.45) is 5.92 Å². The van der Waals surface area contributed by atoms with Crippen LogP contribution < -0.4 is 5.32 Å². The van der Waals surface area contributed by atoms with Crippen molar-refractivity contribution in [3.63, 3.8) is 0 Å². The Morgan fingerprint density at radius 1 is 1.55 bits per heavy atom. The van der Waals surface area contributed by atoms with Gasteiger partial charge in [-0.25, -0.2) is 0 Å². The van der Waals surface area contributed by atoms with Crippen LogP contribution in [0.1, 0.15) is 33.1 Å². The normalized spacial score (nSPS) is 15.5. The molecule has 2 unspecified atom stereocenters. The fraction of sp³-hybridized carbons (Fsp3) is 0.800. The third kappa shape index (κ3) is 4.06. The summed E-state index contributed by atoms with van der Waals surface area (Å²) in [7, 11) is 1.98. The molecule has 0 heterocycles. The van der Waals surface area contributed by atoms with E-state index in [0.29, 0.717) is 12.0 Å². The molecule has 0 radical (unpaired) electrons. The van der Waals surface area contributed by atoms with Gasteiger partial charge < -0.3 is 5.32 Å². The van der Waals surface area contributed by atoms with Gasteiger partial charge in [-0.05, 0) is 19.4 Å². The molecule has 0 aromatic carbocycles. The van der Waals surface area contributed by atoms with Crippen molar-refractivity contribution in [2.45, 2.75) is 39.2 Å². The first-order valence-corrected chi connectivity index (χ1v) is 4.37. The lowest BCUT2D eigenvalue weighted by Crippen LogP contribution is -2.31. The molecule has 0 fully saturated rings. The lowest BCUT2D eigenvalue weighted by Gasteiger charge is -2.20. The quantitative estimate of drug-likeness (QED) is 0.596. The van der Waals surface area contributed by atoms with Crippen molar-refractivity contribution in [3.05, 3.63) is 0 Å². The van der Waals surface area contributed by atoms with Crippen molar-refractivity contribution in [3.8, 4) is 12.3 Å². The fourth-order valence-corrected chi connectivity index (χ4v) is 1.37. The zero-order valence-electron chi connectivity index (χ0n) is 7.85. The maximum atomic E-state index is 5.25. The second-order valence-corrected chi connectivity index (χ2v) is 3.07. The third-order valence-corrected chi connectivity index (χ3v) is 2.14. The van der Waals surface area contributed by atoms with E-state index in [-0.39, 0.29) is 0 Å². The van der Waals surface area contributed by atoms with Gasteiger partial charge in [0.25, 0.3) is 0 Å². The van der Waals surface area contributed by atoms with Gasteiger partial charge in [-0.1, -0.05) is 20.3 Å². The number of hydrogen-bond acceptors (Lipinski definition) is 1. The first-order valence-electron chi connectivity index (χ1n) is 4.37. The first-order chi connectivity index (χ1) is 5.26. The van der Waals surface area contributed by atoms with Crippen LogP contribution in [0, 0.1) is 18.3 Å². The highest BCUT2D eigenvalue weighted by Crippen LogP contribution is 2.12. The van der Waals surface area contributed by atoms with Gasteiger partial charge >= 0.3 is 0 Å². The molecule has 0 rings (SSSR count). The minimum Gasteiger partial charge on any atom is -0.316 e. The number of rotatable bonds is 5. The van der Waals surface area contributed by atoms with Crippen LogP contribution in [-0.4, -0.2) is 13.1 Å². The van der Waals surface area contributed by atoms with E-state index in [4.69, 9.17) is 6.42 Å². The van der Waals surface area contributed by atoms with E-state index >= 15 is 0 Å². The van der Waals surface area contributed by atoms with Gasteiger partial charge in [0.15, 0.2) is 0 Å². The van der Waals surface area contributed by atoms with Gasteiger partial charge in [-0.2, -0.15) is 0 Å². The maximum Gasteiger partial charge on any atom is 0.0243 e. The van der Waals surface area contributed by atoms with Crippen LogP contribution in [0.3, 0.4) is 0 Å². The Labute approximate surface area is 70.6 Å². The molecular formula is C10H19N. The molecular weight excluding hydrogens is 134 g/mol. The van der Waals surface area contributed by atoms with Gasteiger partial charge in [0.2, 0.25) is 0 Å². The molecule has 0 amide bonds. The van der Waals surface area contributed by atoms with E-state index in [2.05, 4.69) is 25.1 Å². The van der Waals surface area contributed by atoms with E-state index in [1.165, 1.54) is 12.8 Å². The minimum atomic E-state index is 0.500. The number of hydrogen-bond donors (Lipinski definition) is 1. The summed E-state index contributed by atoms with van der Waals surface area (Å²) < 4.78 is 0. The SMILES string of the molecule is C#CCC(NC)C(C)CCC. The molecule has 0 aromatic heterocycles. The highest BCUT2D eigenvalue weighted by atomic mass is 14.9. The lowest BCUT2D eigenvalue weighted by molar-refractivity contribution is 0.379. The zero-order chi connectivity index (χ0) is 8.69. The Morgan fingerprint density at radius 2 is 2.18 bits per heavy atom. The van der Waals surface area contributed by atoms with Crippen molar-refractivity contribution in [2.75, 3.05) is 7.05 Å².